The van der Waals surface area contributed by atoms with Crippen LogP contribution in [-0.4, -0.2) is 19.8 Å². The molecule has 0 atom stereocenters. The summed E-state index contributed by atoms with van der Waals surface area (Å²) in [7, 11) is 15.0. The van der Waals surface area contributed by atoms with Gasteiger partial charge in [-0.1, -0.05) is 26.2 Å². The van der Waals surface area contributed by atoms with Crippen molar-refractivity contribution in [3.8, 4) is 0 Å². The van der Waals surface area contributed by atoms with Gasteiger partial charge in [0, 0.05) is 0 Å². The van der Waals surface area contributed by atoms with Gasteiger partial charge in [0.15, 0.2) is 0 Å². The second-order valence-electron chi connectivity index (χ2n) is 2.10. The van der Waals surface area contributed by atoms with Gasteiger partial charge >= 0.3 is 42.1 Å². The van der Waals surface area contributed by atoms with Crippen molar-refractivity contribution >= 4 is 42.1 Å². The van der Waals surface area contributed by atoms with Crippen LogP contribution in [0, 0.1) is 0 Å². The molecule has 5 heteroatoms. The Morgan fingerprint density at radius 1 is 1.09 bits per heavy atom. The quantitative estimate of drug-likeness (QED) is 0.619. The van der Waals surface area contributed by atoms with Crippen molar-refractivity contribution in [3.05, 3.63) is 0 Å². The van der Waals surface area contributed by atoms with Gasteiger partial charge in [-0.2, -0.15) is 0 Å². The molecular weight excluding hydrogens is 262 g/mol. The molecule has 0 saturated carbocycles. The second kappa shape index (κ2) is 14.0. The number of nitrogens with two attached hydrogens (primary N) is 1. The van der Waals surface area contributed by atoms with Crippen molar-refractivity contribution in [1.82, 2.24) is 0 Å². The van der Waals surface area contributed by atoms with Gasteiger partial charge in [-0.3, -0.25) is 0 Å². The van der Waals surface area contributed by atoms with E-state index in [-0.39, 0.29) is 0 Å². The molecule has 1 nitrogen and oxygen atoms in total. The first-order valence-electron chi connectivity index (χ1n) is 3.77. The summed E-state index contributed by atoms with van der Waals surface area (Å²) in [5.41, 5.74) is 5.27. The summed E-state index contributed by atoms with van der Waals surface area (Å²) in [4.78, 5) is 0. The molecule has 0 aromatic heterocycles. The molecule has 0 amide bonds. The summed E-state index contributed by atoms with van der Waals surface area (Å²) in [6.07, 6.45) is 5.16. The number of unbranched alkanes of at least 4 members (excludes halogenated alkanes) is 3. The van der Waals surface area contributed by atoms with Gasteiger partial charge in [-0.25, -0.2) is 0 Å². The molecule has 68 valence electrons. The minimum atomic E-state index is -2.06. The van der Waals surface area contributed by atoms with Crippen LogP contribution in [0.25, 0.3) is 0 Å². The van der Waals surface area contributed by atoms with Gasteiger partial charge in [0.2, 0.25) is 0 Å². The molecule has 0 spiro atoms. The zero-order valence-corrected chi connectivity index (χ0v) is 11.5. The van der Waals surface area contributed by atoms with Crippen molar-refractivity contribution in [2.45, 2.75) is 32.6 Å². The molecule has 0 unspecified atom stereocenters. The molecular formula is C6H15Cl3GaN. The number of hydrogen-bond donors (Lipinski definition) is 1. The molecule has 0 aliphatic heterocycles. The van der Waals surface area contributed by atoms with Crippen LogP contribution in [0.2, 0.25) is 0 Å². The monoisotopic (exact) mass is 275 g/mol. The van der Waals surface area contributed by atoms with E-state index in [2.05, 4.69) is 6.92 Å². The number of halogens is 3. The maximum absolute atomic E-state index is 5.27. The van der Waals surface area contributed by atoms with Gasteiger partial charge in [-0.05, 0) is 13.0 Å². The Balaban J connectivity index is 0. The van der Waals surface area contributed by atoms with E-state index in [0.717, 1.165) is 6.54 Å². The SMILES string of the molecule is CCCCCCN.[Cl][Ga]([Cl])[Cl]. The minimum absolute atomic E-state index is 0.861. The van der Waals surface area contributed by atoms with Crippen LogP contribution in [0.15, 0.2) is 0 Å². The first-order valence-corrected chi connectivity index (χ1v) is 13.3. The summed E-state index contributed by atoms with van der Waals surface area (Å²) in [6.45, 7) is 3.07. The third kappa shape index (κ3) is 34.4. The van der Waals surface area contributed by atoms with Gasteiger partial charge in [0.1, 0.15) is 0 Å². The zero-order valence-electron chi connectivity index (χ0n) is 6.82. The number of rotatable bonds is 4. The van der Waals surface area contributed by atoms with Gasteiger partial charge in [0.05, 0.1) is 0 Å². The molecule has 0 aromatic carbocycles. The Bertz CT molecular complexity index is 57.0. The van der Waals surface area contributed by atoms with Crippen LogP contribution in [-0.2, 0) is 0 Å². The summed E-state index contributed by atoms with van der Waals surface area (Å²) in [5, 5.41) is 0. The third-order valence-corrected chi connectivity index (χ3v) is 1.06. The number of hydrogen-bond acceptors (Lipinski definition) is 1. The summed E-state index contributed by atoms with van der Waals surface area (Å²) in [6, 6.07) is 0. The molecule has 0 bridgehead atoms. The van der Waals surface area contributed by atoms with Crippen LogP contribution in [0.1, 0.15) is 32.6 Å². The molecule has 0 rings (SSSR count). The van der Waals surface area contributed by atoms with E-state index in [0.29, 0.717) is 0 Å². The van der Waals surface area contributed by atoms with Crippen molar-refractivity contribution in [3.63, 3.8) is 0 Å². The van der Waals surface area contributed by atoms with Crippen LogP contribution < -0.4 is 5.73 Å². The summed E-state index contributed by atoms with van der Waals surface area (Å²) in [5.74, 6) is 0. The fourth-order valence-electron chi connectivity index (χ4n) is 0.571. The van der Waals surface area contributed by atoms with Crippen LogP contribution in [0.4, 0.5) is 0 Å². The molecule has 0 radical (unpaired) electrons. The molecule has 0 aromatic rings. The average molecular weight is 277 g/mol. The Morgan fingerprint density at radius 3 is 1.82 bits per heavy atom. The van der Waals surface area contributed by atoms with Crippen LogP contribution in [0.3, 0.4) is 0 Å². The molecule has 0 aliphatic carbocycles. The van der Waals surface area contributed by atoms with Crippen molar-refractivity contribution in [1.29, 1.82) is 0 Å². The van der Waals surface area contributed by atoms with E-state index in [1.54, 1.807) is 0 Å². The standard InChI is InChI=1S/C6H15N.3ClH.Ga/c1-2-3-4-5-6-7;;;;/h2-7H2,1H3;3*1H;/q;;;;+3/p-3. The summed E-state index contributed by atoms with van der Waals surface area (Å²) >= 11 is -2.06. The molecule has 0 fully saturated rings. The van der Waals surface area contributed by atoms with Crippen molar-refractivity contribution < 1.29 is 0 Å². The van der Waals surface area contributed by atoms with E-state index in [4.69, 9.17) is 34.6 Å². The van der Waals surface area contributed by atoms with Crippen LogP contribution >= 0.6 is 28.9 Å². The van der Waals surface area contributed by atoms with E-state index < -0.39 is 13.2 Å². The molecule has 0 heterocycles. The first-order chi connectivity index (χ1) is 5.15. The van der Waals surface area contributed by atoms with E-state index >= 15 is 0 Å². The maximum atomic E-state index is 5.27. The molecule has 0 saturated heterocycles. The van der Waals surface area contributed by atoms with E-state index in [1.165, 1.54) is 25.7 Å². The predicted octanol–water partition coefficient (Wildman–Crippen LogP) is 3.21. The van der Waals surface area contributed by atoms with Gasteiger partial charge in [0.25, 0.3) is 0 Å². The fraction of sp³-hybridized carbons (Fsp3) is 1.00. The Hall–Kier alpha value is 1.47. The molecule has 2 N–H and O–H groups in total. The van der Waals surface area contributed by atoms with E-state index in [9.17, 15) is 0 Å². The Morgan fingerprint density at radius 2 is 1.55 bits per heavy atom. The third-order valence-electron chi connectivity index (χ3n) is 1.06. The summed E-state index contributed by atoms with van der Waals surface area (Å²) < 4.78 is 0. The topological polar surface area (TPSA) is 26.0 Å². The predicted molar refractivity (Wildman–Crippen MR) is 56.5 cm³/mol. The van der Waals surface area contributed by atoms with E-state index in [1.807, 2.05) is 0 Å². The average Bonchev–Trinajstić information content (AvgIpc) is 1.88. The molecule has 0 aliphatic rings. The Labute approximate surface area is 86.7 Å². The van der Waals surface area contributed by atoms with Crippen molar-refractivity contribution in [2.24, 2.45) is 5.73 Å². The zero-order chi connectivity index (χ0) is 9.11. The molecule has 11 heavy (non-hydrogen) atoms. The second-order valence-corrected chi connectivity index (χ2v) is 13.4. The first kappa shape index (κ1) is 15.0. The van der Waals surface area contributed by atoms with Gasteiger partial charge < -0.3 is 5.73 Å². The normalized spacial score (nSPS) is 8.45. The van der Waals surface area contributed by atoms with Crippen molar-refractivity contribution in [2.75, 3.05) is 6.54 Å². The van der Waals surface area contributed by atoms with Gasteiger partial charge in [-0.15, -0.1) is 0 Å². The van der Waals surface area contributed by atoms with Crippen LogP contribution in [0.5, 0.6) is 0 Å². The Kier molecular flexibility index (Phi) is 19.1. The fourth-order valence-corrected chi connectivity index (χ4v) is 0.571.